The second kappa shape index (κ2) is 3.41. The number of halogens is 4. The van der Waals surface area contributed by atoms with E-state index in [1.807, 2.05) is 0 Å². The highest BCUT2D eigenvalue weighted by Crippen LogP contribution is 2.32. The van der Waals surface area contributed by atoms with Crippen LogP contribution in [0, 0.1) is 11.9 Å². The number of pyridine rings is 1. The Hall–Kier alpha value is -0.610. The fourth-order valence-corrected chi connectivity index (χ4v) is 1.22. The molecule has 0 aliphatic carbocycles. The quantitative estimate of drug-likeness (QED) is 0.725. The van der Waals surface area contributed by atoms with Crippen molar-refractivity contribution < 1.29 is 8.78 Å². The van der Waals surface area contributed by atoms with Crippen LogP contribution in [0.15, 0.2) is 0 Å². The Labute approximate surface area is 77.5 Å². The van der Waals surface area contributed by atoms with Gasteiger partial charge in [-0.2, -0.15) is 13.8 Å². The third-order valence-electron chi connectivity index (χ3n) is 1.25. The van der Waals surface area contributed by atoms with Gasteiger partial charge in [-0.05, 0) is 0 Å². The third kappa shape index (κ3) is 1.44. The second-order valence-electron chi connectivity index (χ2n) is 1.95. The largest absolute Gasteiger partial charge is 0.385 e. The SMILES string of the molecule is CNc1c(Cl)c(F)nc(F)c1Cl. The van der Waals surface area contributed by atoms with Gasteiger partial charge >= 0.3 is 0 Å². The minimum absolute atomic E-state index is 0.00309. The minimum atomic E-state index is -1.08. The molecule has 1 aromatic rings. The summed E-state index contributed by atoms with van der Waals surface area (Å²) in [6.07, 6.45) is 0. The highest BCUT2D eigenvalue weighted by molar-refractivity contribution is 6.39. The highest BCUT2D eigenvalue weighted by atomic mass is 35.5. The molecule has 1 rings (SSSR count). The average Bonchev–Trinajstić information content (AvgIpc) is 2.02. The lowest BCUT2D eigenvalue weighted by atomic mass is 10.4. The monoisotopic (exact) mass is 212 g/mol. The van der Waals surface area contributed by atoms with Gasteiger partial charge in [-0.1, -0.05) is 23.2 Å². The van der Waals surface area contributed by atoms with Crippen LogP contribution in [0.5, 0.6) is 0 Å². The number of nitrogens with one attached hydrogen (secondary N) is 1. The van der Waals surface area contributed by atoms with Crippen LogP contribution in [0.2, 0.25) is 10.0 Å². The van der Waals surface area contributed by atoms with E-state index in [9.17, 15) is 8.78 Å². The van der Waals surface area contributed by atoms with Crippen LogP contribution in [0.3, 0.4) is 0 Å². The van der Waals surface area contributed by atoms with Crippen molar-refractivity contribution in [1.29, 1.82) is 0 Å². The van der Waals surface area contributed by atoms with Crippen molar-refractivity contribution in [1.82, 2.24) is 4.98 Å². The van der Waals surface area contributed by atoms with Gasteiger partial charge in [0.05, 0.1) is 5.69 Å². The zero-order valence-corrected chi connectivity index (χ0v) is 7.47. The molecule has 0 saturated heterocycles. The molecule has 66 valence electrons. The van der Waals surface area contributed by atoms with E-state index in [0.717, 1.165) is 0 Å². The maximum Gasteiger partial charge on any atom is 0.236 e. The molecule has 0 bridgehead atoms. The lowest BCUT2D eigenvalue weighted by molar-refractivity contribution is 0.514. The molecule has 2 nitrogen and oxygen atoms in total. The van der Waals surface area contributed by atoms with E-state index in [0.29, 0.717) is 0 Å². The zero-order valence-electron chi connectivity index (χ0n) is 5.96. The number of hydrogen-bond donors (Lipinski definition) is 1. The van der Waals surface area contributed by atoms with E-state index in [1.165, 1.54) is 7.05 Å². The molecule has 0 fully saturated rings. The van der Waals surface area contributed by atoms with E-state index in [4.69, 9.17) is 23.2 Å². The summed E-state index contributed by atoms with van der Waals surface area (Å²) in [5.41, 5.74) is 0.00309. The first-order valence-corrected chi connectivity index (χ1v) is 3.71. The molecule has 6 heteroatoms. The zero-order chi connectivity index (χ0) is 9.30. The van der Waals surface area contributed by atoms with Crippen LogP contribution in [0.25, 0.3) is 0 Å². The molecule has 0 aliphatic heterocycles. The normalized spacial score (nSPS) is 10.1. The first kappa shape index (κ1) is 9.48. The molecule has 0 saturated carbocycles. The number of rotatable bonds is 1. The van der Waals surface area contributed by atoms with Crippen LogP contribution in [-0.2, 0) is 0 Å². The molecule has 12 heavy (non-hydrogen) atoms. The maximum atomic E-state index is 12.6. The summed E-state index contributed by atoms with van der Waals surface area (Å²) >= 11 is 10.8. The predicted octanol–water partition coefficient (Wildman–Crippen LogP) is 2.71. The number of anilines is 1. The molecule has 1 N–H and O–H groups in total. The fraction of sp³-hybridized carbons (Fsp3) is 0.167. The molecule has 0 aliphatic rings. The van der Waals surface area contributed by atoms with Gasteiger partial charge < -0.3 is 5.32 Å². The summed E-state index contributed by atoms with van der Waals surface area (Å²) < 4.78 is 25.3. The fourth-order valence-electron chi connectivity index (χ4n) is 0.706. The summed E-state index contributed by atoms with van der Waals surface area (Å²) in [5.74, 6) is -2.16. The summed E-state index contributed by atoms with van der Waals surface area (Å²) in [7, 11) is 1.45. The second-order valence-corrected chi connectivity index (χ2v) is 2.70. The minimum Gasteiger partial charge on any atom is -0.385 e. The topological polar surface area (TPSA) is 24.9 Å². The molecule has 1 heterocycles. The summed E-state index contributed by atoms with van der Waals surface area (Å²) in [5, 5.41) is 1.83. The van der Waals surface area contributed by atoms with Crippen LogP contribution in [-0.4, -0.2) is 12.0 Å². The van der Waals surface area contributed by atoms with Crippen molar-refractivity contribution in [2.45, 2.75) is 0 Å². The van der Waals surface area contributed by atoms with Crippen molar-refractivity contribution in [3.05, 3.63) is 21.9 Å². The van der Waals surface area contributed by atoms with Crippen LogP contribution in [0.1, 0.15) is 0 Å². The maximum absolute atomic E-state index is 12.6. The van der Waals surface area contributed by atoms with Gasteiger partial charge in [-0.3, -0.25) is 0 Å². The van der Waals surface area contributed by atoms with E-state index in [1.54, 1.807) is 0 Å². The lowest BCUT2D eigenvalue weighted by Crippen LogP contribution is -1.99. The number of aromatic nitrogens is 1. The van der Waals surface area contributed by atoms with Gasteiger partial charge in [-0.15, -0.1) is 0 Å². The van der Waals surface area contributed by atoms with Crippen molar-refractivity contribution in [3.63, 3.8) is 0 Å². The molecule has 0 aromatic carbocycles. The van der Waals surface area contributed by atoms with Crippen molar-refractivity contribution in [2.75, 3.05) is 12.4 Å². The molecule has 0 radical (unpaired) electrons. The summed E-state index contributed by atoms with van der Waals surface area (Å²) in [6.45, 7) is 0. The molecule has 0 spiro atoms. The van der Waals surface area contributed by atoms with Crippen molar-refractivity contribution >= 4 is 28.9 Å². The Kier molecular flexibility index (Phi) is 2.69. The molecular weight excluding hydrogens is 209 g/mol. The first-order chi connectivity index (χ1) is 5.57. The van der Waals surface area contributed by atoms with E-state index < -0.39 is 11.9 Å². The lowest BCUT2D eigenvalue weighted by Gasteiger charge is -2.05. The first-order valence-electron chi connectivity index (χ1n) is 2.95. The highest BCUT2D eigenvalue weighted by Gasteiger charge is 2.15. The van der Waals surface area contributed by atoms with Gasteiger partial charge in [-0.25, -0.2) is 0 Å². The predicted molar refractivity (Wildman–Crippen MR) is 43.7 cm³/mol. The van der Waals surface area contributed by atoms with E-state index in [2.05, 4.69) is 10.3 Å². The van der Waals surface area contributed by atoms with Gasteiger partial charge in [0.2, 0.25) is 11.9 Å². The average molecular weight is 213 g/mol. The van der Waals surface area contributed by atoms with Gasteiger partial charge in [0.25, 0.3) is 0 Å². The van der Waals surface area contributed by atoms with Crippen LogP contribution >= 0.6 is 23.2 Å². The number of hydrogen-bond acceptors (Lipinski definition) is 2. The summed E-state index contributed by atoms with van der Waals surface area (Å²) in [4.78, 5) is 2.84. The Morgan fingerprint density at radius 1 is 1.17 bits per heavy atom. The van der Waals surface area contributed by atoms with Gasteiger partial charge in [0.15, 0.2) is 0 Å². The number of nitrogens with zero attached hydrogens (tertiary/aromatic N) is 1. The molecule has 0 amide bonds. The van der Waals surface area contributed by atoms with Crippen LogP contribution < -0.4 is 5.32 Å². The van der Waals surface area contributed by atoms with Crippen LogP contribution in [0.4, 0.5) is 14.5 Å². The molecule has 0 atom stereocenters. The molecule has 0 unspecified atom stereocenters. The Balaban J connectivity index is 3.42. The van der Waals surface area contributed by atoms with E-state index >= 15 is 0 Å². The Bertz CT molecular complexity index is 291. The summed E-state index contributed by atoms with van der Waals surface area (Å²) in [6, 6.07) is 0. The van der Waals surface area contributed by atoms with Crippen molar-refractivity contribution in [2.24, 2.45) is 0 Å². The Morgan fingerprint density at radius 2 is 1.58 bits per heavy atom. The third-order valence-corrected chi connectivity index (χ3v) is 1.94. The Morgan fingerprint density at radius 3 is 1.92 bits per heavy atom. The molecule has 1 aromatic heterocycles. The van der Waals surface area contributed by atoms with Gasteiger partial charge in [0, 0.05) is 7.05 Å². The standard InChI is InChI=1S/C6H4Cl2F2N2/c1-11-4-2(7)5(9)12-6(10)3(4)8/h1H3,(H,11,12). The van der Waals surface area contributed by atoms with E-state index in [-0.39, 0.29) is 15.7 Å². The smallest absolute Gasteiger partial charge is 0.236 e. The van der Waals surface area contributed by atoms with Gasteiger partial charge in [0.1, 0.15) is 10.0 Å². The molecular formula is C6H4Cl2F2N2. The van der Waals surface area contributed by atoms with Crippen molar-refractivity contribution in [3.8, 4) is 0 Å².